The van der Waals surface area contributed by atoms with Crippen LogP contribution in [0.5, 0.6) is 0 Å². The van der Waals surface area contributed by atoms with Crippen molar-refractivity contribution >= 4 is 10.0 Å². The third-order valence-electron chi connectivity index (χ3n) is 4.63. The molecule has 2 heterocycles. The van der Waals surface area contributed by atoms with E-state index in [4.69, 9.17) is 9.47 Å². The lowest BCUT2D eigenvalue weighted by atomic mass is 10.0. The van der Waals surface area contributed by atoms with Crippen LogP contribution in [0.2, 0.25) is 0 Å². The molecule has 1 aromatic carbocycles. The topological polar surface area (TPSA) is 67.9 Å². The number of morpholine rings is 1. The van der Waals surface area contributed by atoms with E-state index in [1.807, 2.05) is 12.1 Å². The van der Waals surface area contributed by atoms with Crippen LogP contribution in [-0.2, 0) is 26.0 Å². The molecule has 24 heavy (non-hydrogen) atoms. The van der Waals surface area contributed by atoms with Crippen LogP contribution in [0, 0.1) is 5.92 Å². The monoisotopic (exact) mass is 354 g/mol. The third-order valence-corrected chi connectivity index (χ3v) is 6.55. The molecule has 1 N–H and O–H groups in total. The highest BCUT2D eigenvalue weighted by Gasteiger charge is 2.26. The molecule has 2 saturated heterocycles. The van der Waals surface area contributed by atoms with E-state index in [0.29, 0.717) is 37.1 Å². The normalized spacial score (nSPS) is 21.0. The maximum Gasteiger partial charge on any atom is 0.243 e. The van der Waals surface area contributed by atoms with Crippen LogP contribution in [0.1, 0.15) is 18.4 Å². The van der Waals surface area contributed by atoms with Gasteiger partial charge < -0.3 is 14.8 Å². The molecule has 0 aromatic heterocycles. The Bertz CT molecular complexity index is 606. The van der Waals surface area contributed by atoms with Crippen molar-refractivity contribution in [2.75, 3.05) is 46.1 Å². The Morgan fingerprint density at radius 2 is 1.62 bits per heavy atom. The quantitative estimate of drug-likeness (QED) is 0.832. The van der Waals surface area contributed by atoms with E-state index in [-0.39, 0.29) is 0 Å². The average molecular weight is 354 g/mol. The maximum atomic E-state index is 12.6. The molecule has 0 amide bonds. The molecule has 0 saturated carbocycles. The van der Waals surface area contributed by atoms with Crippen LogP contribution < -0.4 is 5.32 Å². The van der Waals surface area contributed by atoms with E-state index < -0.39 is 10.0 Å². The Balaban J connectivity index is 1.52. The molecule has 6 nitrogen and oxygen atoms in total. The zero-order chi connectivity index (χ0) is 16.8. The zero-order valence-corrected chi connectivity index (χ0v) is 14.8. The van der Waals surface area contributed by atoms with Gasteiger partial charge in [0.2, 0.25) is 10.0 Å². The fourth-order valence-electron chi connectivity index (χ4n) is 3.09. The Kier molecular flexibility index (Phi) is 6.24. The summed E-state index contributed by atoms with van der Waals surface area (Å²) in [6, 6.07) is 7.20. The van der Waals surface area contributed by atoms with E-state index in [2.05, 4.69) is 5.32 Å². The van der Waals surface area contributed by atoms with Crippen molar-refractivity contribution in [3.05, 3.63) is 29.8 Å². The van der Waals surface area contributed by atoms with Crippen molar-refractivity contribution in [1.29, 1.82) is 0 Å². The van der Waals surface area contributed by atoms with Crippen LogP contribution in [0.15, 0.2) is 29.2 Å². The second kappa shape index (κ2) is 8.40. The lowest BCUT2D eigenvalue weighted by Crippen LogP contribution is -2.40. The summed E-state index contributed by atoms with van der Waals surface area (Å²) in [5, 5.41) is 3.46. The first-order valence-corrected chi connectivity index (χ1v) is 10.1. The fraction of sp³-hybridized carbons (Fsp3) is 0.647. The van der Waals surface area contributed by atoms with Gasteiger partial charge in [0.05, 0.1) is 18.1 Å². The molecule has 0 radical (unpaired) electrons. The summed E-state index contributed by atoms with van der Waals surface area (Å²) in [6.07, 6.45) is 2.23. The van der Waals surface area contributed by atoms with Crippen molar-refractivity contribution < 1.29 is 17.9 Å². The van der Waals surface area contributed by atoms with Gasteiger partial charge in [-0.25, -0.2) is 8.42 Å². The third kappa shape index (κ3) is 4.55. The molecular formula is C17H26N2O4S. The van der Waals surface area contributed by atoms with Gasteiger partial charge in [0.15, 0.2) is 0 Å². The zero-order valence-electron chi connectivity index (χ0n) is 13.9. The smallest absolute Gasteiger partial charge is 0.243 e. The van der Waals surface area contributed by atoms with Crippen LogP contribution in [0.4, 0.5) is 0 Å². The largest absolute Gasteiger partial charge is 0.381 e. The molecule has 134 valence electrons. The number of sulfonamides is 1. The summed E-state index contributed by atoms with van der Waals surface area (Å²) in [4.78, 5) is 0.359. The predicted octanol–water partition coefficient (Wildman–Crippen LogP) is 1.22. The number of hydrogen-bond donors (Lipinski definition) is 1. The second-order valence-electron chi connectivity index (χ2n) is 6.35. The summed E-state index contributed by atoms with van der Waals surface area (Å²) < 4.78 is 37.2. The van der Waals surface area contributed by atoms with Gasteiger partial charge >= 0.3 is 0 Å². The molecular weight excluding hydrogens is 328 g/mol. The summed E-state index contributed by atoms with van der Waals surface area (Å²) in [6.45, 7) is 5.25. The molecule has 2 aliphatic rings. The van der Waals surface area contributed by atoms with Gasteiger partial charge in [-0.15, -0.1) is 0 Å². The second-order valence-corrected chi connectivity index (χ2v) is 8.28. The highest BCUT2D eigenvalue weighted by atomic mass is 32.2. The number of benzene rings is 1. The van der Waals surface area contributed by atoms with Gasteiger partial charge in [-0.2, -0.15) is 4.31 Å². The van der Waals surface area contributed by atoms with E-state index in [9.17, 15) is 8.42 Å². The van der Waals surface area contributed by atoms with Gasteiger partial charge in [0.25, 0.3) is 0 Å². The Morgan fingerprint density at radius 3 is 2.29 bits per heavy atom. The molecule has 0 aliphatic carbocycles. The lowest BCUT2D eigenvalue weighted by Gasteiger charge is -2.26. The molecule has 0 unspecified atom stereocenters. The van der Waals surface area contributed by atoms with E-state index in [0.717, 1.165) is 44.7 Å². The van der Waals surface area contributed by atoms with Crippen molar-refractivity contribution in [2.24, 2.45) is 5.92 Å². The Hall–Kier alpha value is -0.990. The SMILES string of the molecule is O=S(=O)(c1ccc(CNCC2CCOCC2)cc1)N1CCOCC1. The van der Waals surface area contributed by atoms with Crippen molar-refractivity contribution in [1.82, 2.24) is 9.62 Å². The first kappa shape index (κ1) is 17.8. The molecule has 0 spiro atoms. The van der Waals surface area contributed by atoms with Crippen LogP contribution in [0.25, 0.3) is 0 Å². The minimum absolute atomic E-state index is 0.359. The Labute approximate surface area is 144 Å². The minimum Gasteiger partial charge on any atom is -0.381 e. The molecule has 0 bridgehead atoms. The maximum absolute atomic E-state index is 12.6. The minimum atomic E-state index is -3.40. The molecule has 0 atom stereocenters. The van der Waals surface area contributed by atoms with Crippen LogP contribution in [-0.4, -0.2) is 58.8 Å². The number of hydrogen-bond acceptors (Lipinski definition) is 5. The molecule has 1 aromatic rings. The first-order valence-electron chi connectivity index (χ1n) is 8.61. The van der Waals surface area contributed by atoms with Gasteiger partial charge in [0, 0.05) is 32.8 Å². The lowest BCUT2D eigenvalue weighted by molar-refractivity contribution is 0.0662. The van der Waals surface area contributed by atoms with E-state index in [1.165, 1.54) is 4.31 Å². The average Bonchev–Trinajstić information content (AvgIpc) is 2.64. The highest BCUT2D eigenvalue weighted by molar-refractivity contribution is 7.89. The summed E-state index contributed by atoms with van der Waals surface area (Å²) in [5.41, 5.74) is 1.10. The van der Waals surface area contributed by atoms with Crippen LogP contribution >= 0.6 is 0 Å². The Morgan fingerprint density at radius 1 is 1.00 bits per heavy atom. The predicted molar refractivity (Wildman–Crippen MR) is 91.3 cm³/mol. The summed E-state index contributed by atoms with van der Waals surface area (Å²) in [5.74, 6) is 0.680. The summed E-state index contributed by atoms with van der Waals surface area (Å²) >= 11 is 0. The highest BCUT2D eigenvalue weighted by Crippen LogP contribution is 2.18. The summed E-state index contributed by atoms with van der Waals surface area (Å²) in [7, 11) is -3.40. The standard InChI is InChI=1S/C17H26N2O4S/c20-24(21,19-7-11-23-12-8-19)17-3-1-15(2-4-17)13-18-14-16-5-9-22-10-6-16/h1-4,16,18H,5-14H2. The van der Waals surface area contributed by atoms with Crippen LogP contribution in [0.3, 0.4) is 0 Å². The van der Waals surface area contributed by atoms with E-state index >= 15 is 0 Å². The van der Waals surface area contributed by atoms with Gasteiger partial charge in [-0.05, 0) is 43.0 Å². The van der Waals surface area contributed by atoms with Crippen molar-refractivity contribution in [3.8, 4) is 0 Å². The number of nitrogens with zero attached hydrogens (tertiary/aromatic N) is 1. The number of ether oxygens (including phenoxy) is 2. The molecule has 7 heteroatoms. The fourth-order valence-corrected chi connectivity index (χ4v) is 4.49. The van der Waals surface area contributed by atoms with Crippen molar-refractivity contribution in [2.45, 2.75) is 24.3 Å². The van der Waals surface area contributed by atoms with Gasteiger partial charge in [-0.1, -0.05) is 12.1 Å². The van der Waals surface area contributed by atoms with Crippen molar-refractivity contribution in [3.63, 3.8) is 0 Å². The number of nitrogens with one attached hydrogen (secondary N) is 1. The first-order chi connectivity index (χ1) is 11.7. The molecule has 2 aliphatic heterocycles. The van der Waals surface area contributed by atoms with Gasteiger partial charge in [0.1, 0.15) is 0 Å². The van der Waals surface area contributed by atoms with E-state index in [1.54, 1.807) is 12.1 Å². The molecule has 2 fully saturated rings. The van der Waals surface area contributed by atoms with Gasteiger partial charge in [-0.3, -0.25) is 0 Å². The number of rotatable bonds is 6. The molecule has 3 rings (SSSR count).